The molecule has 1 unspecified atom stereocenters. The average molecular weight is 266 g/mol. The molecule has 0 saturated heterocycles. The van der Waals surface area contributed by atoms with Crippen molar-refractivity contribution in [1.29, 1.82) is 0 Å². The molecule has 0 aliphatic heterocycles. The lowest BCUT2D eigenvalue weighted by atomic mass is 10.0. The first-order valence-electron chi connectivity index (χ1n) is 7.20. The monoisotopic (exact) mass is 266 g/mol. The van der Waals surface area contributed by atoms with Gasteiger partial charge in [-0.05, 0) is 37.9 Å². The first-order valence-corrected chi connectivity index (χ1v) is 7.20. The summed E-state index contributed by atoms with van der Waals surface area (Å²) in [7, 11) is 2.04. The highest BCUT2D eigenvalue weighted by molar-refractivity contribution is 5.54. The molecule has 0 saturated carbocycles. The molecular formula is C16H27FN2. The van der Waals surface area contributed by atoms with Gasteiger partial charge in [0.25, 0.3) is 0 Å². The summed E-state index contributed by atoms with van der Waals surface area (Å²) in [5, 5.41) is 3.29. The van der Waals surface area contributed by atoms with Gasteiger partial charge < -0.3 is 10.2 Å². The number of anilines is 1. The summed E-state index contributed by atoms with van der Waals surface area (Å²) in [5.41, 5.74) is 1.76. The lowest BCUT2D eigenvalue weighted by molar-refractivity contribution is 0.501. The van der Waals surface area contributed by atoms with Crippen LogP contribution in [0, 0.1) is 11.7 Å². The Kier molecular flexibility index (Phi) is 6.29. The topological polar surface area (TPSA) is 15.3 Å². The number of benzene rings is 1. The molecule has 1 atom stereocenters. The maximum Gasteiger partial charge on any atom is 0.129 e. The van der Waals surface area contributed by atoms with Gasteiger partial charge in [0.1, 0.15) is 5.82 Å². The van der Waals surface area contributed by atoms with Crippen LogP contribution in [0.4, 0.5) is 10.1 Å². The van der Waals surface area contributed by atoms with Crippen molar-refractivity contribution in [2.24, 2.45) is 5.92 Å². The van der Waals surface area contributed by atoms with Gasteiger partial charge in [-0.15, -0.1) is 0 Å². The van der Waals surface area contributed by atoms with Crippen molar-refractivity contribution in [2.45, 2.75) is 46.7 Å². The van der Waals surface area contributed by atoms with Gasteiger partial charge in [0.05, 0.1) is 0 Å². The van der Waals surface area contributed by atoms with Gasteiger partial charge in [-0.3, -0.25) is 0 Å². The summed E-state index contributed by atoms with van der Waals surface area (Å²) in [6.45, 7) is 10.2. The summed E-state index contributed by atoms with van der Waals surface area (Å²) in [5.74, 6) is 0.411. The molecule has 108 valence electrons. The molecule has 0 fully saturated rings. The fourth-order valence-electron chi connectivity index (χ4n) is 2.11. The van der Waals surface area contributed by atoms with Gasteiger partial charge in [0.2, 0.25) is 0 Å². The van der Waals surface area contributed by atoms with Crippen LogP contribution in [0.3, 0.4) is 0 Å². The largest absolute Gasteiger partial charge is 0.371 e. The first kappa shape index (κ1) is 16.0. The number of hydrogen-bond acceptors (Lipinski definition) is 2. The highest BCUT2D eigenvalue weighted by Gasteiger charge is 2.18. The van der Waals surface area contributed by atoms with Crippen molar-refractivity contribution < 1.29 is 4.39 Å². The smallest absolute Gasteiger partial charge is 0.129 e. The highest BCUT2D eigenvalue weighted by atomic mass is 19.1. The molecule has 0 bridgehead atoms. The molecule has 0 spiro atoms. The molecule has 1 aromatic carbocycles. The van der Waals surface area contributed by atoms with Crippen LogP contribution < -0.4 is 10.2 Å². The fourth-order valence-corrected chi connectivity index (χ4v) is 2.11. The van der Waals surface area contributed by atoms with E-state index in [2.05, 4.69) is 37.9 Å². The molecule has 19 heavy (non-hydrogen) atoms. The lowest BCUT2D eigenvalue weighted by Gasteiger charge is -2.32. The van der Waals surface area contributed by atoms with Crippen LogP contribution in [0.2, 0.25) is 0 Å². The quantitative estimate of drug-likeness (QED) is 0.755. The second-order valence-electron chi connectivity index (χ2n) is 5.51. The van der Waals surface area contributed by atoms with Gasteiger partial charge in [-0.25, -0.2) is 4.39 Å². The van der Waals surface area contributed by atoms with Crippen LogP contribution >= 0.6 is 0 Å². The SMILES string of the molecule is CCCNCc1c(F)cccc1N(C)C(C)C(C)C. The summed E-state index contributed by atoms with van der Waals surface area (Å²) < 4.78 is 14.0. The minimum Gasteiger partial charge on any atom is -0.371 e. The number of nitrogens with one attached hydrogen (secondary N) is 1. The first-order chi connectivity index (χ1) is 8.99. The van der Waals surface area contributed by atoms with Crippen LogP contribution in [0.5, 0.6) is 0 Å². The third-order valence-electron chi connectivity index (χ3n) is 3.78. The Morgan fingerprint density at radius 1 is 1.26 bits per heavy atom. The van der Waals surface area contributed by atoms with Crippen LogP contribution in [0.25, 0.3) is 0 Å². The van der Waals surface area contributed by atoms with E-state index < -0.39 is 0 Å². The van der Waals surface area contributed by atoms with Gasteiger partial charge >= 0.3 is 0 Å². The van der Waals surface area contributed by atoms with E-state index in [9.17, 15) is 4.39 Å². The van der Waals surface area contributed by atoms with Crippen molar-refractivity contribution >= 4 is 5.69 Å². The van der Waals surface area contributed by atoms with E-state index in [-0.39, 0.29) is 5.82 Å². The van der Waals surface area contributed by atoms with E-state index in [4.69, 9.17) is 0 Å². The van der Waals surface area contributed by atoms with Gasteiger partial charge in [-0.2, -0.15) is 0 Å². The van der Waals surface area contributed by atoms with E-state index in [1.165, 1.54) is 0 Å². The minimum absolute atomic E-state index is 0.121. The van der Waals surface area contributed by atoms with Gasteiger partial charge in [0, 0.05) is 30.9 Å². The molecule has 0 aromatic heterocycles. The van der Waals surface area contributed by atoms with Crippen LogP contribution in [-0.4, -0.2) is 19.6 Å². The number of halogens is 1. The molecule has 1 aromatic rings. The molecule has 0 aliphatic carbocycles. The Bertz CT molecular complexity index is 390. The Balaban J connectivity index is 2.95. The van der Waals surface area contributed by atoms with Crippen LogP contribution in [-0.2, 0) is 6.54 Å². The van der Waals surface area contributed by atoms with Crippen molar-refractivity contribution in [3.05, 3.63) is 29.6 Å². The van der Waals surface area contributed by atoms with E-state index in [1.54, 1.807) is 12.1 Å². The van der Waals surface area contributed by atoms with Crippen LogP contribution in [0.15, 0.2) is 18.2 Å². The third-order valence-corrected chi connectivity index (χ3v) is 3.78. The Labute approximate surface area is 117 Å². The zero-order valence-electron chi connectivity index (χ0n) is 12.8. The van der Waals surface area contributed by atoms with Crippen molar-refractivity contribution in [3.63, 3.8) is 0 Å². The molecule has 0 aliphatic rings. The van der Waals surface area contributed by atoms with Crippen molar-refractivity contribution in [1.82, 2.24) is 5.32 Å². The molecule has 0 amide bonds. The Morgan fingerprint density at radius 2 is 1.95 bits per heavy atom. The maximum atomic E-state index is 14.0. The standard InChI is InChI=1S/C16H27FN2/c1-6-10-18-11-14-15(17)8-7-9-16(14)19(5)13(4)12(2)3/h7-9,12-13,18H,6,10-11H2,1-5H3. The van der Waals surface area contributed by atoms with Gasteiger partial charge in [-0.1, -0.05) is 26.8 Å². The molecule has 1 N–H and O–H groups in total. The second kappa shape index (κ2) is 7.49. The maximum absolute atomic E-state index is 14.0. The van der Waals surface area contributed by atoms with E-state index in [0.29, 0.717) is 18.5 Å². The third kappa shape index (κ3) is 4.20. The summed E-state index contributed by atoms with van der Waals surface area (Å²) in [6.07, 6.45) is 1.06. The molecule has 0 heterocycles. The summed E-state index contributed by atoms with van der Waals surface area (Å²) in [4.78, 5) is 2.18. The van der Waals surface area contributed by atoms with Crippen molar-refractivity contribution in [3.8, 4) is 0 Å². The highest BCUT2D eigenvalue weighted by Crippen LogP contribution is 2.25. The number of nitrogens with zero attached hydrogens (tertiary/aromatic N) is 1. The zero-order valence-corrected chi connectivity index (χ0v) is 12.8. The molecule has 0 radical (unpaired) electrons. The Morgan fingerprint density at radius 3 is 2.53 bits per heavy atom. The fraction of sp³-hybridized carbons (Fsp3) is 0.625. The summed E-state index contributed by atoms with van der Waals surface area (Å²) in [6, 6.07) is 5.72. The second-order valence-corrected chi connectivity index (χ2v) is 5.51. The molecule has 3 heteroatoms. The average Bonchev–Trinajstić information content (AvgIpc) is 2.39. The van der Waals surface area contributed by atoms with E-state index in [1.807, 2.05) is 13.1 Å². The minimum atomic E-state index is -0.121. The molecular weight excluding hydrogens is 239 g/mol. The van der Waals surface area contributed by atoms with E-state index in [0.717, 1.165) is 24.2 Å². The lowest BCUT2D eigenvalue weighted by Crippen LogP contribution is -2.34. The normalized spacial score (nSPS) is 12.8. The number of rotatable bonds is 7. The van der Waals surface area contributed by atoms with Crippen LogP contribution in [0.1, 0.15) is 39.7 Å². The zero-order chi connectivity index (χ0) is 14.4. The molecule has 2 nitrogen and oxygen atoms in total. The van der Waals surface area contributed by atoms with Gasteiger partial charge in [0.15, 0.2) is 0 Å². The predicted octanol–water partition coefficient (Wildman–Crippen LogP) is 3.81. The Hall–Kier alpha value is -1.09. The summed E-state index contributed by atoms with van der Waals surface area (Å²) >= 11 is 0. The van der Waals surface area contributed by atoms with Crippen molar-refractivity contribution in [2.75, 3.05) is 18.5 Å². The molecule has 1 rings (SSSR count). The number of hydrogen-bond donors (Lipinski definition) is 1. The van der Waals surface area contributed by atoms with E-state index >= 15 is 0 Å². The predicted molar refractivity (Wildman–Crippen MR) is 81.1 cm³/mol.